The molecule has 3 rings (SSSR count). The number of nitrogens with two attached hydrogens (primary N) is 1. The molecular weight excluding hydrogens is 416 g/mol. The van der Waals surface area contributed by atoms with Crippen LogP contribution in [0, 0.1) is 6.92 Å². The number of carboxylic acids is 1. The first-order valence-corrected chi connectivity index (χ1v) is 9.76. The second kappa shape index (κ2) is 9.73. The Morgan fingerprint density at radius 1 is 1.16 bits per heavy atom. The Labute approximate surface area is 183 Å². The normalized spacial score (nSPS) is 10.7. The lowest BCUT2D eigenvalue weighted by Crippen LogP contribution is -2.30. The van der Waals surface area contributed by atoms with Crippen LogP contribution in [-0.2, 0) is 20.9 Å². The summed E-state index contributed by atoms with van der Waals surface area (Å²) in [5.41, 5.74) is 7.41. The molecule has 1 aromatic carbocycles. The molecule has 10 heteroatoms. The molecule has 2 aromatic heterocycles. The number of ketones is 1. The summed E-state index contributed by atoms with van der Waals surface area (Å²) in [7, 11) is 0. The highest BCUT2D eigenvalue weighted by Gasteiger charge is 2.27. The van der Waals surface area contributed by atoms with Gasteiger partial charge in [0.1, 0.15) is 0 Å². The van der Waals surface area contributed by atoms with Crippen molar-refractivity contribution < 1.29 is 29.0 Å². The lowest BCUT2D eigenvalue weighted by Gasteiger charge is -2.09. The molecule has 2 amide bonds. The minimum absolute atomic E-state index is 0.00426. The van der Waals surface area contributed by atoms with Crippen LogP contribution in [0.3, 0.4) is 0 Å². The van der Waals surface area contributed by atoms with Crippen LogP contribution in [-0.4, -0.2) is 51.4 Å². The van der Waals surface area contributed by atoms with Crippen LogP contribution in [0.15, 0.2) is 42.6 Å². The van der Waals surface area contributed by atoms with Gasteiger partial charge in [0, 0.05) is 25.0 Å². The van der Waals surface area contributed by atoms with E-state index in [1.54, 1.807) is 13.0 Å². The number of pyridine rings is 1. The summed E-state index contributed by atoms with van der Waals surface area (Å²) in [6.45, 7) is 1.63. The number of ether oxygens (including phenoxy) is 1. The molecule has 0 fully saturated rings. The highest BCUT2D eigenvalue weighted by Crippen LogP contribution is 2.33. The van der Waals surface area contributed by atoms with Crippen molar-refractivity contribution in [1.82, 2.24) is 14.9 Å². The standard InChI is InChI=1S/C22H22N4O6/c1-13-18(20(30)21(23)31)19-15(26(13)11-14-5-3-2-4-6-14)7-9-25-22(19)32-12-16(27)24-10-8-17(28)29/h2-7,9H,8,10-12H2,1H3,(H2,23,31)(H,24,27)(H,28,29). The molecule has 0 radical (unpaired) electrons. The highest BCUT2D eigenvalue weighted by molar-refractivity contribution is 6.45. The van der Waals surface area contributed by atoms with Crippen LogP contribution < -0.4 is 15.8 Å². The Morgan fingerprint density at radius 3 is 2.53 bits per heavy atom. The van der Waals surface area contributed by atoms with Gasteiger partial charge in [-0.15, -0.1) is 0 Å². The first-order valence-electron chi connectivity index (χ1n) is 9.76. The molecule has 0 saturated heterocycles. The average Bonchev–Trinajstić information content (AvgIpc) is 3.04. The maximum absolute atomic E-state index is 12.6. The minimum Gasteiger partial charge on any atom is -0.481 e. The molecule has 0 bridgehead atoms. The zero-order chi connectivity index (χ0) is 23.3. The van der Waals surface area contributed by atoms with Crippen LogP contribution in [0.25, 0.3) is 10.9 Å². The summed E-state index contributed by atoms with van der Waals surface area (Å²) in [5.74, 6) is -3.60. The fourth-order valence-corrected chi connectivity index (χ4v) is 3.36. The molecule has 32 heavy (non-hydrogen) atoms. The third-order valence-electron chi connectivity index (χ3n) is 4.84. The summed E-state index contributed by atoms with van der Waals surface area (Å²) >= 11 is 0. The van der Waals surface area contributed by atoms with E-state index in [2.05, 4.69) is 10.3 Å². The Bertz CT molecular complexity index is 1190. The van der Waals surface area contributed by atoms with Gasteiger partial charge in [-0.1, -0.05) is 30.3 Å². The van der Waals surface area contributed by atoms with Gasteiger partial charge in [0.15, 0.2) is 6.61 Å². The van der Waals surface area contributed by atoms with Gasteiger partial charge in [-0.25, -0.2) is 4.98 Å². The number of carbonyl (C=O) groups excluding carboxylic acids is 3. The van der Waals surface area contributed by atoms with Gasteiger partial charge in [-0.3, -0.25) is 19.2 Å². The number of hydrogen-bond donors (Lipinski definition) is 3. The number of fused-ring (bicyclic) bond motifs is 1. The lowest BCUT2D eigenvalue weighted by molar-refractivity contribution is -0.137. The Hall–Kier alpha value is -4.21. The van der Waals surface area contributed by atoms with Crippen molar-refractivity contribution in [2.24, 2.45) is 5.73 Å². The molecule has 0 aliphatic carbocycles. The van der Waals surface area contributed by atoms with E-state index < -0.39 is 30.2 Å². The molecule has 4 N–H and O–H groups in total. The Morgan fingerprint density at radius 2 is 1.88 bits per heavy atom. The predicted molar refractivity (Wildman–Crippen MR) is 114 cm³/mol. The largest absolute Gasteiger partial charge is 0.481 e. The molecule has 0 spiro atoms. The number of amides is 2. The smallest absolute Gasteiger partial charge is 0.305 e. The number of aliphatic carboxylic acids is 1. The topological polar surface area (TPSA) is 154 Å². The third kappa shape index (κ3) is 4.91. The minimum atomic E-state index is -1.12. The zero-order valence-electron chi connectivity index (χ0n) is 17.3. The van der Waals surface area contributed by atoms with Crippen molar-refractivity contribution in [3.05, 3.63) is 59.4 Å². The molecule has 10 nitrogen and oxygen atoms in total. The van der Waals surface area contributed by atoms with E-state index in [1.807, 2.05) is 34.9 Å². The van der Waals surface area contributed by atoms with Crippen LogP contribution in [0.1, 0.15) is 28.0 Å². The van der Waals surface area contributed by atoms with Gasteiger partial charge >= 0.3 is 5.97 Å². The first-order chi connectivity index (χ1) is 15.3. The van der Waals surface area contributed by atoms with Crippen LogP contribution in [0.5, 0.6) is 5.88 Å². The lowest BCUT2D eigenvalue weighted by atomic mass is 10.1. The number of nitrogens with one attached hydrogen (secondary N) is 1. The van der Waals surface area contributed by atoms with Gasteiger partial charge < -0.3 is 25.5 Å². The molecule has 3 aromatic rings. The SMILES string of the molecule is Cc1c(C(=O)C(N)=O)c2c(OCC(=O)NCCC(=O)O)nccc2n1Cc1ccccc1. The predicted octanol–water partition coefficient (Wildman–Crippen LogP) is 1.03. The third-order valence-corrected chi connectivity index (χ3v) is 4.84. The quantitative estimate of drug-likeness (QED) is 0.315. The number of carboxylic acid groups (broad SMARTS) is 1. The zero-order valence-corrected chi connectivity index (χ0v) is 17.3. The number of aromatic nitrogens is 2. The van der Waals surface area contributed by atoms with E-state index >= 15 is 0 Å². The molecular formula is C22H22N4O6. The maximum atomic E-state index is 12.6. The second-order valence-corrected chi connectivity index (χ2v) is 7.02. The van der Waals surface area contributed by atoms with Gasteiger partial charge in [0.2, 0.25) is 5.88 Å². The molecule has 0 saturated carbocycles. The van der Waals surface area contributed by atoms with E-state index in [9.17, 15) is 19.2 Å². The summed E-state index contributed by atoms with van der Waals surface area (Å²) < 4.78 is 7.39. The van der Waals surface area contributed by atoms with Gasteiger partial charge in [-0.2, -0.15) is 0 Å². The van der Waals surface area contributed by atoms with E-state index in [-0.39, 0.29) is 29.8 Å². The highest BCUT2D eigenvalue weighted by atomic mass is 16.5. The molecule has 0 aliphatic heterocycles. The van der Waals surface area contributed by atoms with Crippen molar-refractivity contribution in [2.45, 2.75) is 19.9 Å². The Balaban J connectivity index is 1.98. The number of Topliss-reactive ketones (excluding diaryl/α,β-unsaturated/α-hetero) is 1. The number of nitrogens with zero attached hydrogens (tertiary/aromatic N) is 2. The van der Waals surface area contributed by atoms with Crippen LogP contribution >= 0.6 is 0 Å². The van der Waals surface area contributed by atoms with E-state index in [0.29, 0.717) is 17.8 Å². The van der Waals surface area contributed by atoms with E-state index in [1.165, 1.54) is 6.20 Å². The van der Waals surface area contributed by atoms with Gasteiger partial charge in [0.05, 0.1) is 22.9 Å². The Kier molecular flexibility index (Phi) is 6.83. The molecule has 0 atom stereocenters. The van der Waals surface area contributed by atoms with Crippen molar-refractivity contribution in [3.63, 3.8) is 0 Å². The van der Waals surface area contributed by atoms with Gasteiger partial charge in [-0.05, 0) is 18.6 Å². The van der Waals surface area contributed by atoms with Crippen molar-refractivity contribution in [3.8, 4) is 5.88 Å². The van der Waals surface area contributed by atoms with Crippen molar-refractivity contribution in [1.29, 1.82) is 0 Å². The average molecular weight is 438 g/mol. The van der Waals surface area contributed by atoms with Crippen LogP contribution in [0.4, 0.5) is 0 Å². The monoisotopic (exact) mass is 438 g/mol. The molecule has 0 aliphatic rings. The first kappa shape index (κ1) is 22.5. The van der Waals surface area contributed by atoms with Gasteiger partial charge in [0.25, 0.3) is 17.6 Å². The number of benzene rings is 1. The molecule has 166 valence electrons. The fraction of sp³-hybridized carbons (Fsp3) is 0.227. The van der Waals surface area contributed by atoms with Crippen molar-refractivity contribution in [2.75, 3.05) is 13.2 Å². The summed E-state index contributed by atoms with van der Waals surface area (Å²) in [4.78, 5) is 51.0. The maximum Gasteiger partial charge on any atom is 0.305 e. The number of carbonyl (C=O) groups is 4. The van der Waals surface area contributed by atoms with Crippen molar-refractivity contribution >= 4 is 34.5 Å². The number of primary amides is 1. The number of rotatable bonds is 10. The molecule has 0 unspecified atom stereocenters. The molecule has 2 heterocycles. The fourth-order valence-electron chi connectivity index (χ4n) is 3.36. The summed E-state index contributed by atoms with van der Waals surface area (Å²) in [6, 6.07) is 11.2. The number of hydrogen-bond acceptors (Lipinski definition) is 6. The summed E-state index contributed by atoms with van der Waals surface area (Å²) in [6.07, 6.45) is 1.25. The van der Waals surface area contributed by atoms with E-state index in [4.69, 9.17) is 15.6 Å². The van der Waals surface area contributed by atoms with E-state index in [0.717, 1.165) is 5.56 Å². The second-order valence-electron chi connectivity index (χ2n) is 7.02. The summed E-state index contributed by atoms with van der Waals surface area (Å²) in [5, 5.41) is 11.3. The van der Waals surface area contributed by atoms with Crippen LogP contribution in [0.2, 0.25) is 0 Å².